The van der Waals surface area contributed by atoms with Gasteiger partial charge in [0.2, 0.25) is 0 Å². The normalized spacial score (nSPS) is 10.3. The zero-order valence-electron chi connectivity index (χ0n) is 12.3. The highest BCUT2D eigenvalue weighted by molar-refractivity contribution is 6.31. The molecule has 0 saturated heterocycles. The first-order chi connectivity index (χ1) is 10.6. The zero-order valence-corrected chi connectivity index (χ0v) is 13.1. The van der Waals surface area contributed by atoms with E-state index in [1.807, 2.05) is 25.1 Å². The Morgan fingerprint density at radius 3 is 2.73 bits per heavy atom. The van der Waals surface area contributed by atoms with Gasteiger partial charge in [0.25, 0.3) is 0 Å². The minimum absolute atomic E-state index is 0.275. The van der Waals surface area contributed by atoms with Gasteiger partial charge in [-0.25, -0.2) is 4.79 Å². The maximum atomic E-state index is 11.9. The molecule has 2 N–H and O–H groups in total. The van der Waals surface area contributed by atoms with E-state index in [2.05, 4.69) is 0 Å². The van der Waals surface area contributed by atoms with Crippen LogP contribution in [-0.2, 0) is 11.3 Å². The molecule has 0 fully saturated rings. The zero-order chi connectivity index (χ0) is 15.9. The second-order valence-corrected chi connectivity index (χ2v) is 5.18. The maximum absolute atomic E-state index is 11.9. The monoisotopic (exact) mass is 319 g/mol. The molecule has 2 rings (SSSR count). The number of esters is 1. The van der Waals surface area contributed by atoms with E-state index in [4.69, 9.17) is 26.8 Å². The van der Waals surface area contributed by atoms with Crippen LogP contribution in [0.3, 0.4) is 0 Å². The first-order valence-electron chi connectivity index (χ1n) is 7.04. The van der Waals surface area contributed by atoms with Crippen LogP contribution >= 0.6 is 11.6 Å². The molecule has 0 aliphatic heterocycles. The van der Waals surface area contributed by atoms with Gasteiger partial charge in [0, 0.05) is 10.6 Å². The fourth-order valence-electron chi connectivity index (χ4n) is 1.84. The molecule has 0 saturated carbocycles. The molecule has 0 aliphatic carbocycles. The average Bonchev–Trinajstić information content (AvgIpc) is 2.53. The van der Waals surface area contributed by atoms with Crippen molar-refractivity contribution in [3.63, 3.8) is 0 Å². The van der Waals surface area contributed by atoms with Gasteiger partial charge in [0.05, 0.1) is 17.9 Å². The summed E-state index contributed by atoms with van der Waals surface area (Å²) in [6.07, 6.45) is 0.774. The third-order valence-corrected chi connectivity index (χ3v) is 3.40. The number of ether oxygens (including phenoxy) is 2. The molecule has 0 radical (unpaired) electrons. The predicted molar refractivity (Wildman–Crippen MR) is 87.2 cm³/mol. The lowest BCUT2D eigenvalue weighted by atomic mass is 10.2. The molecular formula is C17H18ClNO3. The summed E-state index contributed by atoms with van der Waals surface area (Å²) in [4.78, 5) is 11.9. The van der Waals surface area contributed by atoms with Crippen molar-refractivity contribution in [1.82, 2.24) is 0 Å². The Hall–Kier alpha value is -2.20. The molecule has 0 aliphatic rings. The van der Waals surface area contributed by atoms with Crippen LogP contribution in [0.5, 0.6) is 5.75 Å². The summed E-state index contributed by atoms with van der Waals surface area (Å²) in [6, 6.07) is 12.2. The maximum Gasteiger partial charge on any atom is 0.338 e. The fourth-order valence-corrected chi connectivity index (χ4v) is 2.03. The van der Waals surface area contributed by atoms with Gasteiger partial charge < -0.3 is 15.2 Å². The van der Waals surface area contributed by atoms with Crippen LogP contribution in [0.4, 0.5) is 5.69 Å². The topological polar surface area (TPSA) is 61.5 Å². The van der Waals surface area contributed by atoms with E-state index in [1.54, 1.807) is 24.3 Å². The average molecular weight is 320 g/mol. The number of anilines is 1. The number of halogens is 1. The molecule has 0 bridgehead atoms. The van der Waals surface area contributed by atoms with E-state index >= 15 is 0 Å². The molecule has 0 atom stereocenters. The first-order valence-corrected chi connectivity index (χ1v) is 7.42. The van der Waals surface area contributed by atoms with E-state index in [-0.39, 0.29) is 12.6 Å². The molecule has 4 nitrogen and oxygen atoms in total. The van der Waals surface area contributed by atoms with Gasteiger partial charge >= 0.3 is 5.97 Å². The standard InChI is InChI=1S/C17H18ClNO3/c1-2-9-21-17(20)12-7-8-15(19)16(10-12)22-11-13-5-3-4-6-14(13)18/h3-8,10H,2,9,11,19H2,1H3. The Kier molecular flexibility index (Phi) is 5.67. The molecule has 0 amide bonds. The van der Waals surface area contributed by atoms with Crippen LogP contribution in [0.2, 0.25) is 5.02 Å². The van der Waals surface area contributed by atoms with Gasteiger partial charge in [0.1, 0.15) is 12.4 Å². The van der Waals surface area contributed by atoms with E-state index < -0.39 is 0 Å². The van der Waals surface area contributed by atoms with Crippen LogP contribution in [0.1, 0.15) is 29.3 Å². The third kappa shape index (κ3) is 4.15. The Bertz CT molecular complexity index is 658. The lowest BCUT2D eigenvalue weighted by molar-refractivity contribution is 0.0504. The van der Waals surface area contributed by atoms with Crippen LogP contribution in [0.15, 0.2) is 42.5 Å². The molecule has 0 unspecified atom stereocenters. The fraction of sp³-hybridized carbons (Fsp3) is 0.235. The van der Waals surface area contributed by atoms with Crippen molar-refractivity contribution in [2.45, 2.75) is 20.0 Å². The van der Waals surface area contributed by atoms with E-state index in [1.165, 1.54) is 0 Å². The summed E-state index contributed by atoms with van der Waals surface area (Å²) in [5.41, 5.74) is 7.60. The highest BCUT2D eigenvalue weighted by Crippen LogP contribution is 2.25. The van der Waals surface area contributed by atoms with Crippen molar-refractivity contribution in [3.8, 4) is 5.75 Å². The smallest absolute Gasteiger partial charge is 0.338 e. The van der Waals surface area contributed by atoms with Gasteiger partial charge in [-0.15, -0.1) is 0 Å². The van der Waals surface area contributed by atoms with Crippen LogP contribution in [0.25, 0.3) is 0 Å². The number of carbonyl (C=O) groups is 1. The van der Waals surface area contributed by atoms with E-state index in [0.717, 1.165) is 12.0 Å². The SMILES string of the molecule is CCCOC(=O)c1ccc(N)c(OCc2ccccc2Cl)c1. The van der Waals surface area contributed by atoms with Crippen LogP contribution < -0.4 is 10.5 Å². The quantitative estimate of drug-likeness (QED) is 0.644. The highest BCUT2D eigenvalue weighted by atomic mass is 35.5. The molecule has 5 heteroatoms. The molecule has 0 spiro atoms. The highest BCUT2D eigenvalue weighted by Gasteiger charge is 2.11. The first kappa shape index (κ1) is 16.2. The molecular weight excluding hydrogens is 302 g/mol. The summed E-state index contributed by atoms with van der Waals surface area (Å²) in [6.45, 7) is 2.60. The van der Waals surface area contributed by atoms with E-state index in [9.17, 15) is 4.79 Å². The van der Waals surface area contributed by atoms with Crippen LogP contribution in [0, 0.1) is 0 Å². The molecule has 0 heterocycles. The Labute approximate surface area is 134 Å². The van der Waals surface area contributed by atoms with Gasteiger partial charge in [-0.2, -0.15) is 0 Å². The molecule has 0 aromatic heterocycles. The van der Waals surface area contributed by atoms with E-state index in [0.29, 0.717) is 28.6 Å². The summed E-state index contributed by atoms with van der Waals surface area (Å²) in [5.74, 6) is 0.0512. The number of hydrogen-bond donors (Lipinski definition) is 1. The second-order valence-electron chi connectivity index (χ2n) is 4.77. The molecule has 2 aromatic rings. The summed E-state index contributed by atoms with van der Waals surface area (Å²) < 4.78 is 10.8. The lowest BCUT2D eigenvalue weighted by Crippen LogP contribution is -2.07. The third-order valence-electron chi connectivity index (χ3n) is 3.03. The second kappa shape index (κ2) is 7.71. The van der Waals surface area contributed by atoms with Crippen molar-refractivity contribution in [2.75, 3.05) is 12.3 Å². The number of rotatable bonds is 6. The number of nitrogen functional groups attached to an aromatic ring is 1. The molecule has 2 aromatic carbocycles. The van der Waals surface area contributed by atoms with Gasteiger partial charge in [-0.05, 0) is 30.7 Å². The largest absolute Gasteiger partial charge is 0.487 e. The van der Waals surface area contributed by atoms with Crippen molar-refractivity contribution in [2.24, 2.45) is 0 Å². The lowest BCUT2D eigenvalue weighted by Gasteiger charge is -2.11. The minimum atomic E-state index is -0.385. The number of carbonyl (C=O) groups excluding carboxylic acids is 1. The van der Waals surface area contributed by atoms with Crippen molar-refractivity contribution in [1.29, 1.82) is 0 Å². The minimum Gasteiger partial charge on any atom is -0.487 e. The Morgan fingerprint density at radius 1 is 1.23 bits per heavy atom. The van der Waals surface area contributed by atoms with Gasteiger partial charge in [0.15, 0.2) is 0 Å². The van der Waals surface area contributed by atoms with Crippen LogP contribution in [-0.4, -0.2) is 12.6 Å². The van der Waals surface area contributed by atoms with Crippen molar-refractivity contribution in [3.05, 3.63) is 58.6 Å². The Balaban J connectivity index is 2.10. The van der Waals surface area contributed by atoms with Gasteiger partial charge in [-0.1, -0.05) is 36.7 Å². The number of nitrogens with two attached hydrogens (primary N) is 1. The summed E-state index contributed by atoms with van der Waals surface area (Å²) in [7, 11) is 0. The predicted octanol–water partition coefficient (Wildman–Crippen LogP) is 4.07. The number of benzene rings is 2. The Morgan fingerprint density at radius 2 is 2.00 bits per heavy atom. The van der Waals surface area contributed by atoms with Crippen molar-refractivity contribution < 1.29 is 14.3 Å². The molecule has 22 heavy (non-hydrogen) atoms. The summed E-state index contributed by atoms with van der Waals surface area (Å²) in [5, 5.41) is 0.625. The molecule has 116 valence electrons. The van der Waals surface area contributed by atoms with Crippen molar-refractivity contribution >= 4 is 23.3 Å². The number of hydrogen-bond acceptors (Lipinski definition) is 4. The summed E-state index contributed by atoms with van der Waals surface area (Å²) >= 11 is 6.08. The van der Waals surface area contributed by atoms with Gasteiger partial charge in [-0.3, -0.25) is 0 Å².